The first-order valence-electron chi connectivity index (χ1n) is 7.51. The molecule has 0 N–H and O–H groups in total. The lowest BCUT2D eigenvalue weighted by atomic mass is 10.2. The number of benzene rings is 1. The zero-order chi connectivity index (χ0) is 17.3. The summed E-state index contributed by atoms with van der Waals surface area (Å²) in [4.78, 5) is 22.9. The third kappa shape index (κ3) is 2.68. The predicted octanol–water partition coefficient (Wildman–Crippen LogP) is 2.85. The van der Waals surface area contributed by atoms with Crippen LogP contribution in [0.5, 0.6) is 5.75 Å². The van der Waals surface area contributed by atoms with Crippen LogP contribution in [-0.4, -0.2) is 33.9 Å². The summed E-state index contributed by atoms with van der Waals surface area (Å²) in [5, 5.41) is 0. The van der Waals surface area contributed by atoms with Crippen LogP contribution in [-0.2, 0) is 0 Å². The van der Waals surface area contributed by atoms with Crippen molar-refractivity contribution in [2.75, 3.05) is 18.6 Å². The van der Waals surface area contributed by atoms with Crippen molar-refractivity contribution in [3.8, 4) is 5.75 Å². The van der Waals surface area contributed by atoms with Crippen LogP contribution < -0.4 is 9.64 Å². The van der Waals surface area contributed by atoms with Crippen molar-refractivity contribution in [3.63, 3.8) is 0 Å². The molecule has 24 heavy (non-hydrogen) atoms. The number of aryl methyl sites for hydroxylation is 1. The van der Waals surface area contributed by atoms with E-state index in [4.69, 9.17) is 4.74 Å². The molecule has 0 fully saturated rings. The number of amides is 1. The van der Waals surface area contributed by atoms with Crippen LogP contribution in [0.25, 0.3) is 5.65 Å². The van der Waals surface area contributed by atoms with Gasteiger partial charge in [-0.1, -0.05) is 0 Å². The number of halogens is 1. The van der Waals surface area contributed by atoms with E-state index in [-0.39, 0.29) is 11.7 Å². The van der Waals surface area contributed by atoms with Crippen LogP contribution in [0.3, 0.4) is 0 Å². The van der Waals surface area contributed by atoms with Crippen LogP contribution in [0.2, 0.25) is 0 Å². The molecule has 7 heteroatoms. The zero-order valence-corrected chi connectivity index (χ0v) is 13.7. The van der Waals surface area contributed by atoms with Gasteiger partial charge in [0, 0.05) is 36.9 Å². The SMILES string of the molecule is CCN(C(=O)c1cn2ccnc2c(C)n1)c1ccc(F)c(OC)c1. The monoisotopic (exact) mass is 328 g/mol. The van der Waals surface area contributed by atoms with E-state index >= 15 is 0 Å². The minimum atomic E-state index is -0.474. The minimum Gasteiger partial charge on any atom is -0.494 e. The molecule has 0 saturated heterocycles. The van der Waals surface area contributed by atoms with Crippen molar-refractivity contribution < 1.29 is 13.9 Å². The second-order valence-corrected chi connectivity index (χ2v) is 5.24. The van der Waals surface area contributed by atoms with Gasteiger partial charge >= 0.3 is 0 Å². The molecule has 124 valence electrons. The van der Waals surface area contributed by atoms with Gasteiger partial charge in [0.25, 0.3) is 5.91 Å². The molecule has 0 saturated carbocycles. The number of ether oxygens (including phenoxy) is 1. The summed E-state index contributed by atoms with van der Waals surface area (Å²) in [6.07, 6.45) is 5.06. The van der Waals surface area contributed by atoms with Crippen molar-refractivity contribution in [1.29, 1.82) is 0 Å². The fourth-order valence-electron chi connectivity index (χ4n) is 2.59. The van der Waals surface area contributed by atoms with E-state index in [1.54, 1.807) is 36.0 Å². The van der Waals surface area contributed by atoms with Crippen molar-refractivity contribution in [1.82, 2.24) is 14.4 Å². The molecule has 1 amide bonds. The van der Waals surface area contributed by atoms with Crippen molar-refractivity contribution in [2.24, 2.45) is 0 Å². The lowest BCUT2D eigenvalue weighted by Crippen LogP contribution is -2.31. The molecule has 3 aromatic rings. The van der Waals surface area contributed by atoms with Gasteiger partial charge in [0.2, 0.25) is 0 Å². The zero-order valence-electron chi connectivity index (χ0n) is 13.7. The Labute approximate surface area is 138 Å². The molecule has 0 bridgehead atoms. The summed E-state index contributed by atoms with van der Waals surface area (Å²) in [5.74, 6) is -0.656. The Morgan fingerprint density at radius 2 is 2.21 bits per heavy atom. The number of aromatic nitrogens is 3. The molecule has 1 aromatic carbocycles. The third-order valence-corrected chi connectivity index (χ3v) is 3.77. The molecule has 3 rings (SSSR count). The highest BCUT2D eigenvalue weighted by atomic mass is 19.1. The standard InChI is InChI=1S/C17H17FN4O2/c1-4-22(12-5-6-13(18)15(9-12)24-3)17(23)14-10-21-8-7-19-16(21)11(2)20-14/h5-10H,4H2,1-3H3. The molecule has 2 heterocycles. The smallest absolute Gasteiger partial charge is 0.278 e. The Bertz CT molecular complexity index is 907. The highest BCUT2D eigenvalue weighted by Crippen LogP contribution is 2.25. The van der Waals surface area contributed by atoms with Crippen LogP contribution in [0.15, 0.2) is 36.8 Å². The Kier molecular flexibility index (Phi) is 4.16. The molecular weight excluding hydrogens is 311 g/mol. The maximum Gasteiger partial charge on any atom is 0.278 e. The molecule has 0 aliphatic heterocycles. The number of carbonyl (C=O) groups excluding carboxylic acids is 1. The fourth-order valence-corrected chi connectivity index (χ4v) is 2.59. The summed E-state index contributed by atoms with van der Waals surface area (Å²) in [5.41, 5.74) is 2.21. The van der Waals surface area contributed by atoms with Gasteiger partial charge in [-0.25, -0.2) is 14.4 Å². The first kappa shape index (κ1) is 15.9. The Morgan fingerprint density at radius 1 is 1.42 bits per heavy atom. The van der Waals surface area contributed by atoms with Crippen LogP contribution in [0.4, 0.5) is 10.1 Å². The molecule has 0 aliphatic rings. The third-order valence-electron chi connectivity index (χ3n) is 3.77. The Balaban J connectivity index is 2.01. The number of nitrogens with zero attached hydrogens (tertiary/aromatic N) is 4. The van der Waals surface area contributed by atoms with Gasteiger partial charge in [-0.15, -0.1) is 0 Å². The molecule has 2 aromatic heterocycles. The van der Waals surface area contributed by atoms with Gasteiger partial charge in [-0.2, -0.15) is 0 Å². The van der Waals surface area contributed by atoms with Crippen LogP contribution >= 0.6 is 0 Å². The summed E-state index contributed by atoms with van der Waals surface area (Å²) < 4.78 is 20.4. The lowest BCUT2D eigenvalue weighted by molar-refractivity contribution is 0.0983. The normalized spacial score (nSPS) is 10.8. The quantitative estimate of drug-likeness (QED) is 0.739. The maximum absolute atomic E-state index is 13.6. The minimum absolute atomic E-state index is 0.0907. The van der Waals surface area contributed by atoms with Gasteiger partial charge in [0.05, 0.1) is 12.8 Å². The number of fused-ring (bicyclic) bond motifs is 1. The first-order chi connectivity index (χ1) is 11.5. The number of carbonyl (C=O) groups is 1. The molecular formula is C17H17FN4O2. The van der Waals surface area contributed by atoms with E-state index in [1.165, 1.54) is 24.1 Å². The van der Waals surface area contributed by atoms with Crippen molar-refractivity contribution >= 4 is 17.2 Å². The number of anilines is 1. The van der Waals surface area contributed by atoms with E-state index in [1.807, 2.05) is 6.92 Å². The van der Waals surface area contributed by atoms with Gasteiger partial charge in [-0.3, -0.25) is 4.79 Å². The van der Waals surface area contributed by atoms with E-state index in [0.717, 1.165) is 0 Å². The van der Waals surface area contributed by atoms with E-state index < -0.39 is 5.82 Å². The second kappa shape index (κ2) is 6.27. The molecule has 0 aliphatic carbocycles. The van der Waals surface area contributed by atoms with E-state index in [0.29, 0.717) is 29.3 Å². The van der Waals surface area contributed by atoms with Gasteiger partial charge < -0.3 is 14.0 Å². The average molecular weight is 328 g/mol. The van der Waals surface area contributed by atoms with Crippen LogP contribution in [0, 0.1) is 12.7 Å². The topological polar surface area (TPSA) is 59.7 Å². The van der Waals surface area contributed by atoms with Gasteiger partial charge in [-0.05, 0) is 26.0 Å². The summed E-state index contributed by atoms with van der Waals surface area (Å²) in [6, 6.07) is 4.32. The fraction of sp³-hybridized carbons (Fsp3) is 0.235. The van der Waals surface area contributed by atoms with Crippen molar-refractivity contribution in [2.45, 2.75) is 13.8 Å². The van der Waals surface area contributed by atoms with E-state index in [2.05, 4.69) is 9.97 Å². The van der Waals surface area contributed by atoms with Crippen molar-refractivity contribution in [3.05, 3.63) is 54.0 Å². The molecule has 0 spiro atoms. The molecule has 0 unspecified atom stereocenters. The second-order valence-electron chi connectivity index (χ2n) is 5.24. The summed E-state index contributed by atoms with van der Waals surface area (Å²) >= 11 is 0. The number of hydrogen-bond donors (Lipinski definition) is 0. The number of methoxy groups -OCH3 is 1. The largest absolute Gasteiger partial charge is 0.494 e. The highest BCUT2D eigenvalue weighted by molar-refractivity contribution is 6.04. The Morgan fingerprint density at radius 3 is 2.92 bits per heavy atom. The van der Waals surface area contributed by atoms with Crippen LogP contribution in [0.1, 0.15) is 23.1 Å². The number of imidazole rings is 1. The molecule has 6 nitrogen and oxygen atoms in total. The van der Waals surface area contributed by atoms with Gasteiger partial charge in [0.1, 0.15) is 5.69 Å². The first-order valence-corrected chi connectivity index (χ1v) is 7.51. The molecule has 0 atom stereocenters. The molecule has 0 radical (unpaired) electrons. The summed E-state index contributed by atoms with van der Waals surface area (Å²) in [7, 11) is 1.39. The number of rotatable bonds is 4. The average Bonchev–Trinajstić information content (AvgIpc) is 3.06. The number of hydrogen-bond acceptors (Lipinski definition) is 4. The predicted molar refractivity (Wildman–Crippen MR) is 88.0 cm³/mol. The maximum atomic E-state index is 13.6. The van der Waals surface area contributed by atoms with Gasteiger partial charge in [0.15, 0.2) is 17.2 Å². The Hall–Kier alpha value is -2.96. The summed E-state index contributed by atoms with van der Waals surface area (Å²) in [6.45, 7) is 4.06. The highest BCUT2D eigenvalue weighted by Gasteiger charge is 2.20. The van der Waals surface area contributed by atoms with E-state index in [9.17, 15) is 9.18 Å². The lowest BCUT2D eigenvalue weighted by Gasteiger charge is -2.21.